The fraction of sp³-hybridized carbons (Fsp3) is 0.0476. The molecule has 150 valence electrons. The zero-order valence-corrected chi connectivity index (χ0v) is 16.6. The van der Waals surface area contributed by atoms with Crippen LogP contribution in [0.25, 0.3) is 0 Å². The van der Waals surface area contributed by atoms with Crippen molar-refractivity contribution in [2.45, 2.75) is 6.92 Å². The average molecular weight is 421 g/mol. The van der Waals surface area contributed by atoms with Gasteiger partial charge in [-0.05, 0) is 37.3 Å². The second kappa shape index (κ2) is 8.66. The van der Waals surface area contributed by atoms with Crippen LogP contribution >= 0.6 is 11.3 Å². The van der Waals surface area contributed by atoms with Gasteiger partial charge >= 0.3 is 0 Å². The predicted molar refractivity (Wildman–Crippen MR) is 113 cm³/mol. The molecule has 0 aliphatic heterocycles. The number of nitrogens with zero attached hydrogens (tertiary/aromatic N) is 3. The van der Waals surface area contributed by atoms with Crippen molar-refractivity contribution >= 4 is 34.4 Å². The van der Waals surface area contributed by atoms with E-state index >= 15 is 0 Å². The molecule has 0 radical (unpaired) electrons. The molecule has 2 N–H and O–H groups in total. The normalized spacial score (nSPS) is 10.5. The summed E-state index contributed by atoms with van der Waals surface area (Å²) >= 11 is 1.28. The van der Waals surface area contributed by atoms with Crippen LogP contribution in [0.5, 0.6) is 10.9 Å². The van der Waals surface area contributed by atoms with E-state index in [1.54, 1.807) is 48.9 Å². The Bertz CT molecular complexity index is 1180. The highest BCUT2D eigenvalue weighted by atomic mass is 32.1. The molecule has 2 aromatic carbocycles. The number of nitrogens with one attached hydrogen (secondary N) is 2. The Kier molecular flexibility index (Phi) is 5.62. The Labute approximate surface area is 175 Å². The van der Waals surface area contributed by atoms with Gasteiger partial charge in [0, 0.05) is 40.8 Å². The lowest BCUT2D eigenvalue weighted by atomic mass is 10.1. The van der Waals surface area contributed by atoms with Gasteiger partial charge in [0.2, 0.25) is 0 Å². The summed E-state index contributed by atoms with van der Waals surface area (Å²) in [5, 5.41) is 7.92. The summed E-state index contributed by atoms with van der Waals surface area (Å²) in [7, 11) is 0. The summed E-state index contributed by atoms with van der Waals surface area (Å²) in [4.78, 5) is 24.8. The average Bonchev–Trinajstić information content (AvgIpc) is 3.16. The molecule has 1 amide bonds. The first kappa shape index (κ1) is 19.5. The Balaban J connectivity index is 1.44. The number of thiazole rings is 1. The van der Waals surface area contributed by atoms with E-state index in [9.17, 15) is 9.18 Å². The van der Waals surface area contributed by atoms with E-state index in [-0.39, 0.29) is 11.7 Å². The second-order valence-corrected chi connectivity index (χ2v) is 7.07. The first-order chi connectivity index (χ1) is 14.6. The van der Waals surface area contributed by atoms with Gasteiger partial charge in [-0.2, -0.15) is 0 Å². The number of hydrogen-bond acceptors (Lipinski definition) is 7. The Morgan fingerprint density at radius 3 is 2.77 bits per heavy atom. The van der Waals surface area contributed by atoms with Crippen LogP contribution in [-0.4, -0.2) is 20.9 Å². The number of aryl methyl sites for hydroxylation is 1. The Morgan fingerprint density at radius 1 is 1.13 bits per heavy atom. The molecule has 4 rings (SSSR count). The lowest BCUT2D eigenvalue weighted by Gasteiger charge is -2.10. The van der Waals surface area contributed by atoms with Gasteiger partial charge in [0.25, 0.3) is 11.1 Å². The lowest BCUT2D eigenvalue weighted by Crippen LogP contribution is -2.12. The molecule has 30 heavy (non-hydrogen) atoms. The van der Waals surface area contributed by atoms with Gasteiger partial charge in [0.1, 0.15) is 5.82 Å². The molecule has 0 saturated carbocycles. The minimum absolute atomic E-state index is 0.0394. The van der Waals surface area contributed by atoms with Crippen LogP contribution in [0, 0.1) is 12.7 Å². The smallest absolute Gasteiger partial charge is 0.278 e. The molecule has 0 bridgehead atoms. The summed E-state index contributed by atoms with van der Waals surface area (Å²) in [6.45, 7) is 1.83. The largest absolute Gasteiger partial charge is 0.428 e. The molecule has 2 aromatic heterocycles. The summed E-state index contributed by atoms with van der Waals surface area (Å²) < 4.78 is 19.8. The summed E-state index contributed by atoms with van der Waals surface area (Å²) in [6, 6.07) is 11.1. The molecule has 0 fully saturated rings. The summed E-state index contributed by atoms with van der Waals surface area (Å²) in [5.41, 5.74) is 2.20. The van der Waals surface area contributed by atoms with Crippen LogP contribution in [0.2, 0.25) is 0 Å². The van der Waals surface area contributed by atoms with Gasteiger partial charge < -0.3 is 15.4 Å². The highest BCUT2D eigenvalue weighted by Gasteiger charge is 2.12. The number of halogens is 1. The third-order valence-electron chi connectivity index (χ3n) is 3.95. The van der Waals surface area contributed by atoms with Crippen LogP contribution in [-0.2, 0) is 0 Å². The number of amides is 1. The monoisotopic (exact) mass is 421 g/mol. The van der Waals surface area contributed by atoms with Crippen molar-refractivity contribution in [3.05, 3.63) is 83.5 Å². The van der Waals surface area contributed by atoms with E-state index in [4.69, 9.17) is 4.74 Å². The number of carbonyl (C=O) groups excluding carboxylic acids is 1. The molecule has 0 atom stereocenters. The van der Waals surface area contributed by atoms with E-state index in [1.165, 1.54) is 23.5 Å². The third kappa shape index (κ3) is 4.76. The molecule has 0 aliphatic carbocycles. The number of rotatable bonds is 6. The number of hydrogen-bond donors (Lipinski definition) is 2. The number of anilines is 3. The summed E-state index contributed by atoms with van der Waals surface area (Å²) in [5.74, 6) is -0.374. The number of ether oxygens (including phenoxy) is 1. The van der Waals surface area contributed by atoms with Crippen LogP contribution in [0.1, 0.15) is 16.1 Å². The quantitative estimate of drug-likeness (QED) is 0.447. The molecule has 0 aliphatic rings. The molecule has 9 heteroatoms. The standard InChI is InChI=1S/C21H16FN5O2S/c1-13-12-30-21(25-13)29-18-6-5-16(10-17(18)22)27-20(28)14-3-2-4-15(9-14)26-19-11-23-7-8-24-19/h2-12H,1H3,(H,24,26)(H,27,28). The third-order valence-corrected chi connectivity index (χ3v) is 4.78. The van der Waals surface area contributed by atoms with Gasteiger partial charge in [0.05, 0.1) is 11.9 Å². The topological polar surface area (TPSA) is 89.0 Å². The first-order valence-corrected chi connectivity index (χ1v) is 9.79. The molecule has 7 nitrogen and oxygen atoms in total. The molecule has 0 spiro atoms. The zero-order chi connectivity index (χ0) is 20.9. The zero-order valence-electron chi connectivity index (χ0n) is 15.8. The summed E-state index contributed by atoms with van der Waals surface area (Å²) in [6.07, 6.45) is 4.71. The van der Waals surface area contributed by atoms with E-state index in [0.29, 0.717) is 27.9 Å². The number of benzene rings is 2. The minimum Gasteiger partial charge on any atom is -0.428 e. The van der Waals surface area contributed by atoms with E-state index in [2.05, 4.69) is 25.6 Å². The van der Waals surface area contributed by atoms with Crippen LogP contribution in [0.15, 0.2) is 66.4 Å². The maximum atomic E-state index is 14.4. The van der Waals surface area contributed by atoms with E-state index in [0.717, 1.165) is 5.69 Å². The van der Waals surface area contributed by atoms with Crippen molar-refractivity contribution < 1.29 is 13.9 Å². The van der Waals surface area contributed by atoms with Gasteiger partial charge in [-0.1, -0.05) is 17.4 Å². The molecule has 0 unspecified atom stereocenters. The fourth-order valence-corrected chi connectivity index (χ4v) is 3.25. The molecular weight excluding hydrogens is 405 g/mol. The van der Waals surface area contributed by atoms with Crippen LogP contribution in [0.3, 0.4) is 0 Å². The number of carbonyl (C=O) groups is 1. The molecule has 4 aromatic rings. The van der Waals surface area contributed by atoms with Crippen LogP contribution in [0.4, 0.5) is 21.6 Å². The SMILES string of the molecule is Cc1csc(Oc2ccc(NC(=O)c3cccc(Nc4cnccn4)c3)cc2F)n1. The predicted octanol–water partition coefficient (Wildman–Crippen LogP) is 5.17. The van der Waals surface area contributed by atoms with Gasteiger partial charge in [0.15, 0.2) is 11.6 Å². The maximum Gasteiger partial charge on any atom is 0.278 e. The number of aromatic nitrogens is 3. The Hall–Kier alpha value is -3.85. The van der Waals surface area contributed by atoms with Crippen molar-refractivity contribution in [3.8, 4) is 10.9 Å². The van der Waals surface area contributed by atoms with Gasteiger partial charge in [-0.3, -0.25) is 9.78 Å². The maximum absolute atomic E-state index is 14.4. The van der Waals surface area contributed by atoms with Gasteiger partial charge in [-0.15, -0.1) is 0 Å². The highest BCUT2D eigenvalue weighted by Crippen LogP contribution is 2.29. The van der Waals surface area contributed by atoms with Crippen molar-refractivity contribution in [2.24, 2.45) is 0 Å². The van der Waals surface area contributed by atoms with Crippen molar-refractivity contribution in [1.29, 1.82) is 0 Å². The molecule has 0 saturated heterocycles. The van der Waals surface area contributed by atoms with Gasteiger partial charge in [-0.25, -0.2) is 14.4 Å². The Morgan fingerprint density at radius 2 is 2.03 bits per heavy atom. The van der Waals surface area contributed by atoms with E-state index < -0.39 is 5.82 Å². The first-order valence-electron chi connectivity index (χ1n) is 8.91. The van der Waals surface area contributed by atoms with E-state index in [1.807, 2.05) is 12.3 Å². The van der Waals surface area contributed by atoms with Crippen molar-refractivity contribution in [2.75, 3.05) is 10.6 Å². The second-order valence-electron chi connectivity index (χ2n) is 6.25. The lowest BCUT2D eigenvalue weighted by molar-refractivity contribution is 0.102. The van der Waals surface area contributed by atoms with Crippen molar-refractivity contribution in [3.63, 3.8) is 0 Å². The molecular formula is C21H16FN5O2S. The highest BCUT2D eigenvalue weighted by molar-refractivity contribution is 7.11. The van der Waals surface area contributed by atoms with Crippen LogP contribution < -0.4 is 15.4 Å². The minimum atomic E-state index is -0.598. The molecule has 2 heterocycles. The van der Waals surface area contributed by atoms with Crippen molar-refractivity contribution in [1.82, 2.24) is 15.0 Å². The fourth-order valence-electron chi connectivity index (χ4n) is 2.59.